The Morgan fingerprint density at radius 2 is 1.78 bits per heavy atom. The number of hydrogen-bond acceptors (Lipinski definition) is 7. The smallest absolute Gasteiger partial charge is 0.252 e. The molecule has 3 heterocycles. The minimum atomic E-state index is -0.0393. The first kappa shape index (κ1) is 26.6. The Balaban J connectivity index is 0.000000241. The highest BCUT2D eigenvalue weighted by Gasteiger charge is 2.20. The van der Waals surface area contributed by atoms with Gasteiger partial charge < -0.3 is 20.1 Å². The fraction of sp³-hybridized carbons (Fsp3) is 0.345. The number of carbonyl (C=O) groups excluding carboxylic acids is 1. The van der Waals surface area contributed by atoms with E-state index in [2.05, 4.69) is 33.6 Å². The third-order valence-electron chi connectivity index (χ3n) is 6.85. The molecule has 2 aromatic carbocycles. The highest BCUT2D eigenvalue weighted by molar-refractivity contribution is 7.22. The van der Waals surface area contributed by atoms with Crippen LogP contribution in [0.1, 0.15) is 34.5 Å². The summed E-state index contributed by atoms with van der Waals surface area (Å²) in [6.45, 7) is 5.27. The summed E-state index contributed by atoms with van der Waals surface area (Å²) in [5.41, 5.74) is 4.09. The van der Waals surface area contributed by atoms with Gasteiger partial charge in [-0.15, -0.1) is 0 Å². The molecule has 2 aromatic heterocycles. The normalized spacial score (nSPS) is 14.1. The van der Waals surface area contributed by atoms with Gasteiger partial charge in [-0.3, -0.25) is 9.59 Å². The van der Waals surface area contributed by atoms with E-state index in [9.17, 15) is 9.59 Å². The summed E-state index contributed by atoms with van der Waals surface area (Å²) >= 11 is 1.68. The van der Waals surface area contributed by atoms with Gasteiger partial charge in [0.15, 0.2) is 11.4 Å². The van der Waals surface area contributed by atoms with Crippen LogP contribution in [0.25, 0.3) is 10.2 Å². The first-order valence-electron chi connectivity index (χ1n) is 12.7. The van der Waals surface area contributed by atoms with E-state index in [-0.39, 0.29) is 5.56 Å². The predicted molar refractivity (Wildman–Crippen MR) is 154 cm³/mol. The van der Waals surface area contributed by atoms with Gasteiger partial charge in [0, 0.05) is 31.9 Å². The van der Waals surface area contributed by atoms with Crippen LogP contribution in [0.15, 0.2) is 65.5 Å². The van der Waals surface area contributed by atoms with Crippen molar-refractivity contribution in [2.75, 3.05) is 37.8 Å². The van der Waals surface area contributed by atoms with E-state index in [1.165, 1.54) is 4.70 Å². The Morgan fingerprint density at radius 1 is 1.08 bits per heavy atom. The lowest BCUT2D eigenvalue weighted by Gasteiger charge is -2.30. The van der Waals surface area contributed by atoms with Gasteiger partial charge in [-0.2, -0.15) is 0 Å². The molecule has 1 aliphatic rings. The molecule has 0 atom stereocenters. The minimum absolute atomic E-state index is 0.0393. The van der Waals surface area contributed by atoms with Gasteiger partial charge in [0.25, 0.3) is 5.56 Å². The highest BCUT2D eigenvalue weighted by Crippen LogP contribution is 2.24. The van der Waals surface area contributed by atoms with Crippen LogP contribution in [-0.4, -0.2) is 47.9 Å². The predicted octanol–water partition coefficient (Wildman–Crippen LogP) is 5.26. The van der Waals surface area contributed by atoms with E-state index >= 15 is 0 Å². The maximum absolute atomic E-state index is 12.7. The van der Waals surface area contributed by atoms with Gasteiger partial charge in [-0.05, 0) is 63.5 Å². The SMILES string of the molecule is CNc1nc2ccccc2s1.Cc1c(C=O)c(NCc2ccccc2)cc(=O)n1CC1CCN(C)CC1. The van der Waals surface area contributed by atoms with E-state index in [0.717, 1.165) is 54.1 Å². The molecule has 8 heteroatoms. The zero-order chi connectivity index (χ0) is 26.2. The number of hydrogen-bond donors (Lipinski definition) is 2. The Labute approximate surface area is 222 Å². The number of likely N-dealkylation sites (tertiary alicyclic amines) is 1. The van der Waals surface area contributed by atoms with Crippen LogP contribution >= 0.6 is 11.3 Å². The fourth-order valence-corrected chi connectivity index (χ4v) is 5.40. The van der Waals surface area contributed by atoms with E-state index in [4.69, 9.17) is 0 Å². The molecular formula is C29H35N5O2S. The number of carbonyl (C=O) groups is 1. The molecule has 2 N–H and O–H groups in total. The number of thiazole rings is 1. The maximum atomic E-state index is 12.7. The van der Waals surface area contributed by atoms with Crippen LogP contribution < -0.4 is 16.2 Å². The number of aromatic nitrogens is 2. The summed E-state index contributed by atoms with van der Waals surface area (Å²) in [4.78, 5) is 31.0. The molecule has 4 aromatic rings. The second-order valence-electron chi connectivity index (χ2n) is 9.45. The molecule has 0 spiro atoms. The number of para-hydroxylation sites is 1. The monoisotopic (exact) mass is 517 g/mol. The largest absolute Gasteiger partial charge is 0.380 e. The van der Waals surface area contributed by atoms with Crippen LogP contribution in [0.4, 0.5) is 10.8 Å². The number of pyridine rings is 1. The number of anilines is 2. The van der Waals surface area contributed by atoms with Crippen molar-refractivity contribution in [3.8, 4) is 0 Å². The molecule has 0 unspecified atom stereocenters. The molecule has 37 heavy (non-hydrogen) atoms. The van der Waals surface area contributed by atoms with Crippen molar-refractivity contribution in [3.05, 3.63) is 87.8 Å². The van der Waals surface area contributed by atoms with Crippen LogP contribution in [0.5, 0.6) is 0 Å². The summed E-state index contributed by atoms with van der Waals surface area (Å²) in [5.74, 6) is 0.491. The molecule has 0 aliphatic carbocycles. The zero-order valence-corrected chi connectivity index (χ0v) is 22.6. The molecule has 194 valence electrons. The minimum Gasteiger partial charge on any atom is -0.380 e. The lowest BCUT2D eigenvalue weighted by molar-refractivity contribution is 0.112. The van der Waals surface area contributed by atoms with Crippen LogP contribution in [0, 0.1) is 12.8 Å². The van der Waals surface area contributed by atoms with Gasteiger partial charge in [0.2, 0.25) is 0 Å². The van der Waals surface area contributed by atoms with Crippen molar-refractivity contribution in [1.82, 2.24) is 14.5 Å². The molecule has 0 amide bonds. The molecule has 5 rings (SSSR count). The van der Waals surface area contributed by atoms with E-state index < -0.39 is 0 Å². The van der Waals surface area contributed by atoms with Crippen molar-refractivity contribution in [3.63, 3.8) is 0 Å². The third kappa shape index (κ3) is 6.84. The summed E-state index contributed by atoms with van der Waals surface area (Å²) in [6, 6.07) is 19.6. The van der Waals surface area contributed by atoms with Gasteiger partial charge in [0.05, 0.1) is 21.5 Å². The van der Waals surface area contributed by atoms with Crippen molar-refractivity contribution < 1.29 is 4.79 Å². The van der Waals surface area contributed by atoms with Crippen molar-refractivity contribution in [1.29, 1.82) is 0 Å². The van der Waals surface area contributed by atoms with Gasteiger partial charge >= 0.3 is 0 Å². The van der Waals surface area contributed by atoms with Crippen molar-refractivity contribution in [2.45, 2.75) is 32.9 Å². The van der Waals surface area contributed by atoms with Gasteiger partial charge in [-0.25, -0.2) is 4.98 Å². The van der Waals surface area contributed by atoms with Crippen LogP contribution in [0.3, 0.4) is 0 Å². The van der Waals surface area contributed by atoms with Gasteiger partial charge in [0.1, 0.15) is 0 Å². The molecule has 1 saturated heterocycles. The Bertz CT molecular complexity index is 1340. The molecule has 0 saturated carbocycles. The number of nitrogens with zero attached hydrogens (tertiary/aromatic N) is 3. The average Bonchev–Trinajstić information content (AvgIpc) is 3.35. The molecule has 1 aliphatic heterocycles. The van der Waals surface area contributed by atoms with E-state index in [1.807, 2.05) is 62.5 Å². The van der Waals surface area contributed by atoms with Crippen LogP contribution in [-0.2, 0) is 13.1 Å². The number of piperidine rings is 1. The second kappa shape index (κ2) is 12.7. The number of rotatable bonds is 7. The number of nitrogens with one attached hydrogen (secondary N) is 2. The third-order valence-corrected chi connectivity index (χ3v) is 7.90. The maximum Gasteiger partial charge on any atom is 0.252 e. The molecule has 1 fully saturated rings. The quantitative estimate of drug-likeness (QED) is 0.326. The van der Waals surface area contributed by atoms with Crippen LogP contribution in [0.2, 0.25) is 0 Å². The lowest BCUT2D eigenvalue weighted by Crippen LogP contribution is -2.34. The zero-order valence-electron chi connectivity index (χ0n) is 21.7. The fourth-order valence-electron chi connectivity index (χ4n) is 4.58. The van der Waals surface area contributed by atoms with Crippen molar-refractivity contribution in [2.24, 2.45) is 5.92 Å². The summed E-state index contributed by atoms with van der Waals surface area (Å²) < 4.78 is 3.00. The Kier molecular flexibility index (Phi) is 9.09. The standard InChI is InChI=1S/C21H27N3O2.C8H8N2S/c1-16-19(15-25)20(22-13-17-6-4-3-5-7-17)12-21(26)24(16)14-18-8-10-23(2)11-9-18;1-9-8-10-6-4-2-3-5-7(6)11-8/h3-7,12,15,18,22H,8-11,13-14H2,1-2H3;2-5H,1H3,(H,9,10). The molecular weight excluding hydrogens is 482 g/mol. The first-order chi connectivity index (χ1) is 18.0. The topological polar surface area (TPSA) is 79.3 Å². The molecule has 0 radical (unpaired) electrons. The number of aldehydes is 1. The number of benzene rings is 2. The summed E-state index contributed by atoms with van der Waals surface area (Å²) in [7, 11) is 4.02. The van der Waals surface area contributed by atoms with E-state index in [0.29, 0.717) is 30.3 Å². The Hall–Kier alpha value is -3.49. The lowest BCUT2D eigenvalue weighted by atomic mass is 9.96. The number of fused-ring (bicyclic) bond motifs is 1. The van der Waals surface area contributed by atoms with E-state index in [1.54, 1.807) is 22.0 Å². The first-order valence-corrected chi connectivity index (χ1v) is 13.5. The second-order valence-corrected chi connectivity index (χ2v) is 10.5. The van der Waals surface area contributed by atoms with Crippen molar-refractivity contribution >= 4 is 38.7 Å². The summed E-state index contributed by atoms with van der Waals surface area (Å²) in [6.07, 6.45) is 3.03. The average molecular weight is 518 g/mol. The summed E-state index contributed by atoms with van der Waals surface area (Å²) in [5, 5.41) is 7.25. The van der Waals surface area contributed by atoms with Gasteiger partial charge in [-0.1, -0.05) is 53.8 Å². The molecule has 0 bridgehead atoms. The highest BCUT2D eigenvalue weighted by atomic mass is 32.1. The molecule has 7 nitrogen and oxygen atoms in total. The Morgan fingerprint density at radius 3 is 2.46 bits per heavy atom.